The molecule has 1 amide bonds. The van der Waals surface area contributed by atoms with Gasteiger partial charge in [0.15, 0.2) is 0 Å². The van der Waals surface area contributed by atoms with Crippen molar-refractivity contribution in [3.63, 3.8) is 0 Å². The molecule has 0 bridgehead atoms. The quantitative estimate of drug-likeness (QED) is 0.836. The molecule has 3 atom stereocenters. The Kier molecular flexibility index (Phi) is 3.08. The summed E-state index contributed by atoms with van der Waals surface area (Å²) in [6.07, 6.45) is 5.35. The van der Waals surface area contributed by atoms with Gasteiger partial charge in [-0.3, -0.25) is 9.78 Å². The molecule has 1 unspecified atom stereocenters. The van der Waals surface area contributed by atoms with Gasteiger partial charge in [-0.2, -0.15) is 0 Å². The van der Waals surface area contributed by atoms with E-state index in [0.717, 1.165) is 30.9 Å². The zero-order valence-corrected chi connectivity index (χ0v) is 12.6. The molecule has 0 aromatic carbocycles. The lowest BCUT2D eigenvalue weighted by molar-refractivity contribution is -0.156. The van der Waals surface area contributed by atoms with Gasteiger partial charge >= 0.3 is 0 Å². The summed E-state index contributed by atoms with van der Waals surface area (Å²) in [4.78, 5) is 18.5. The SMILES string of the molecule is Cc1cncc([C@H]2CC[C@@H]3CC(C)(C(C)(F)F)C(=O)N32)c1. The predicted molar refractivity (Wildman–Crippen MR) is 74.9 cm³/mol. The number of aryl methyl sites for hydroxylation is 1. The number of aromatic nitrogens is 1. The molecule has 2 aliphatic rings. The van der Waals surface area contributed by atoms with Crippen LogP contribution in [0.5, 0.6) is 0 Å². The Balaban J connectivity index is 1.95. The second-order valence-electron chi connectivity index (χ2n) is 6.68. The van der Waals surface area contributed by atoms with Crippen molar-refractivity contribution in [2.45, 2.75) is 58.0 Å². The highest BCUT2D eigenvalue weighted by Crippen LogP contribution is 2.54. The minimum absolute atomic E-state index is 0.0705. The molecule has 1 aromatic rings. The normalized spacial score (nSPS) is 32.6. The Morgan fingerprint density at radius 3 is 2.71 bits per heavy atom. The summed E-state index contributed by atoms with van der Waals surface area (Å²) in [5.74, 6) is -3.41. The number of carbonyl (C=O) groups excluding carboxylic acids is 1. The summed E-state index contributed by atoms with van der Waals surface area (Å²) in [5, 5.41) is 0. The lowest BCUT2D eigenvalue weighted by Crippen LogP contribution is -2.44. The van der Waals surface area contributed by atoms with Crippen LogP contribution in [0.25, 0.3) is 0 Å². The Labute approximate surface area is 123 Å². The Morgan fingerprint density at radius 1 is 1.38 bits per heavy atom. The number of alkyl halides is 2. The Morgan fingerprint density at radius 2 is 2.10 bits per heavy atom. The van der Waals surface area contributed by atoms with Crippen LogP contribution in [0, 0.1) is 12.3 Å². The molecule has 3 nitrogen and oxygen atoms in total. The van der Waals surface area contributed by atoms with Gasteiger partial charge in [0.2, 0.25) is 5.91 Å². The molecule has 0 radical (unpaired) electrons. The Hall–Kier alpha value is -1.52. The van der Waals surface area contributed by atoms with E-state index in [-0.39, 0.29) is 18.5 Å². The molecule has 114 valence electrons. The fourth-order valence-electron chi connectivity index (χ4n) is 3.69. The number of amides is 1. The van der Waals surface area contributed by atoms with Crippen LogP contribution < -0.4 is 0 Å². The lowest BCUT2D eigenvalue weighted by Gasteiger charge is -2.31. The average Bonchev–Trinajstić information content (AvgIpc) is 2.89. The summed E-state index contributed by atoms with van der Waals surface area (Å²) in [6.45, 7) is 4.20. The van der Waals surface area contributed by atoms with Crippen molar-refractivity contribution in [3.05, 3.63) is 29.6 Å². The largest absolute Gasteiger partial charge is 0.332 e. The van der Waals surface area contributed by atoms with E-state index in [1.807, 2.05) is 13.0 Å². The van der Waals surface area contributed by atoms with Crippen LogP contribution in [0.3, 0.4) is 0 Å². The summed E-state index contributed by atoms with van der Waals surface area (Å²) in [6, 6.07) is 1.81. The first-order chi connectivity index (χ1) is 9.74. The van der Waals surface area contributed by atoms with Crippen LogP contribution in [0.1, 0.15) is 50.3 Å². The number of hydrogen-bond donors (Lipinski definition) is 0. The number of nitrogens with zero attached hydrogens (tertiary/aromatic N) is 2. The van der Waals surface area contributed by atoms with E-state index in [0.29, 0.717) is 0 Å². The molecule has 0 spiro atoms. The van der Waals surface area contributed by atoms with E-state index in [1.165, 1.54) is 6.92 Å². The van der Waals surface area contributed by atoms with Crippen molar-refractivity contribution in [1.29, 1.82) is 0 Å². The molecule has 0 aliphatic carbocycles. The molecule has 0 N–H and O–H groups in total. The number of pyridine rings is 1. The average molecular weight is 294 g/mol. The highest BCUT2D eigenvalue weighted by atomic mass is 19.3. The molecular weight excluding hydrogens is 274 g/mol. The molecule has 5 heteroatoms. The molecule has 2 fully saturated rings. The fraction of sp³-hybridized carbons (Fsp3) is 0.625. The number of hydrogen-bond acceptors (Lipinski definition) is 2. The molecule has 0 saturated carbocycles. The monoisotopic (exact) mass is 294 g/mol. The van der Waals surface area contributed by atoms with Crippen molar-refractivity contribution in [1.82, 2.24) is 9.88 Å². The lowest BCUT2D eigenvalue weighted by atomic mass is 9.80. The molecule has 1 aromatic heterocycles. The third kappa shape index (κ3) is 2.05. The van der Waals surface area contributed by atoms with Crippen molar-refractivity contribution >= 4 is 5.91 Å². The van der Waals surface area contributed by atoms with Crippen LogP contribution in [0.2, 0.25) is 0 Å². The van der Waals surface area contributed by atoms with Gasteiger partial charge in [-0.15, -0.1) is 0 Å². The number of halogens is 2. The maximum absolute atomic E-state index is 13.9. The predicted octanol–water partition coefficient (Wildman–Crippen LogP) is 3.49. The standard InChI is InChI=1S/C16H20F2N2O/c1-10-6-11(9-19-8-10)13-5-4-12-7-15(2,16(3,17)18)14(21)20(12)13/h6,8-9,12-13H,4-5,7H2,1-3H3/t12-,13-,15?/m1/s1. The van der Waals surface area contributed by atoms with Crippen LogP contribution in [0.4, 0.5) is 8.78 Å². The molecule has 2 aliphatic heterocycles. The highest BCUT2D eigenvalue weighted by Gasteiger charge is 2.62. The molecule has 3 heterocycles. The van der Waals surface area contributed by atoms with E-state index < -0.39 is 17.2 Å². The zero-order chi connectivity index (χ0) is 15.4. The number of carbonyl (C=O) groups is 1. The third-order valence-electron chi connectivity index (χ3n) is 5.10. The van der Waals surface area contributed by atoms with Crippen LogP contribution in [0.15, 0.2) is 18.5 Å². The summed E-state index contributed by atoms with van der Waals surface area (Å²) in [7, 11) is 0. The molecule has 21 heavy (non-hydrogen) atoms. The summed E-state index contributed by atoms with van der Waals surface area (Å²) < 4.78 is 27.8. The van der Waals surface area contributed by atoms with Gasteiger partial charge in [0, 0.05) is 25.4 Å². The van der Waals surface area contributed by atoms with Crippen molar-refractivity contribution in [2.75, 3.05) is 0 Å². The Bertz CT molecular complexity index is 584. The van der Waals surface area contributed by atoms with Gasteiger partial charge in [0.1, 0.15) is 5.41 Å². The van der Waals surface area contributed by atoms with Crippen LogP contribution in [-0.4, -0.2) is 27.8 Å². The van der Waals surface area contributed by atoms with E-state index >= 15 is 0 Å². The summed E-state index contributed by atoms with van der Waals surface area (Å²) >= 11 is 0. The highest BCUT2D eigenvalue weighted by molar-refractivity contribution is 5.87. The van der Waals surface area contributed by atoms with Gasteiger partial charge < -0.3 is 4.90 Å². The van der Waals surface area contributed by atoms with E-state index in [1.54, 1.807) is 17.3 Å². The topological polar surface area (TPSA) is 33.2 Å². The fourth-order valence-corrected chi connectivity index (χ4v) is 3.69. The van der Waals surface area contributed by atoms with Gasteiger partial charge in [0.05, 0.1) is 6.04 Å². The molecule has 3 rings (SSSR count). The van der Waals surface area contributed by atoms with E-state index in [2.05, 4.69) is 4.98 Å². The zero-order valence-electron chi connectivity index (χ0n) is 12.6. The van der Waals surface area contributed by atoms with Crippen molar-refractivity contribution in [3.8, 4) is 0 Å². The summed E-state index contributed by atoms with van der Waals surface area (Å²) in [5.41, 5.74) is 0.397. The first kappa shape index (κ1) is 14.4. The van der Waals surface area contributed by atoms with E-state index in [4.69, 9.17) is 0 Å². The van der Waals surface area contributed by atoms with Crippen molar-refractivity contribution in [2.24, 2.45) is 5.41 Å². The first-order valence-corrected chi connectivity index (χ1v) is 7.36. The van der Waals surface area contributed by atoms with Crippen molar-refractivity contribution < 1.29 is 13.6 Å². The van der Waals surface area contributed by atoms with Gasteiger partial charge in [-0.25, -0.2) is 8.78 Å². The van der Waals surface area contributed by atoms with Gasteiger partial charge in [-0.05, 0) is 44.2 Å². The second-order valence-corrected chi connectivity index (χ2v) is 6.68. The maximum atomic E-state index is 13.9. The second kappa shape index (κ2) is 4.49. The molecule has 2 saturated heterocycles. The minimum atomic E-state index is -3.00. The number of rotatable bonds is 2. The smallest absolute Gasteiger partial charge is 0.259 e. The first-order valence-electron chi connectivity index (χ1n) is 7.36. The third-order valence-corrected chi connectivity index (χ3v) is 5.10. The molecular formula is C16H20F2N2O. The van der Waals surface area contributed by atoms with Gasteiger partial charge in [0.25, 0.3) is 5.92 Å². The maximum Gasteiger partial charge on any atom is 0.259 e. The number of fused-ring (bicyclic) bond motifs is 1. The van der Waals surface area contributed by atoms with Crippen LogP contribution >= 0.6 is 0 Å². The van der Waals surface area contributed by atoms with Gasteiger partial charge in [-0.1, -0.05) is 6.07 Å². The minimum Gasteiger partial charge on any atom is -0.332 e. The van der Waals surface area contributed by atoms with E-state index in [9.17, 15) is 13.6 Å². The van der Waals surface area contributed by atoms with Crippen LogP contribution in [-0.2, 0) is 4.79 Å².